The van der Waals surface area contributed by atoms with Gasteiger partial charge in [0.25, 0.3) is 0 Å². The third-order valence-electron chi connectivity index (χ3n) is 6.32. The zero-order valence-electron chi connectivity index (χ0n) is 17.3. The number of carboxylic acid groups (broad SMARTS) is 2. The molecule has 4 unspecified atom stereocenters. The zero-order chi connectivity index (χ0) is 22.0. The minimum absolute atomic E-state index is 0.210. The number of likely N-dealkylation sites (tertiary alicyclic amines) is 2. The van der Waals surface area contributed by atoms with E-state index in [-0.39, 0.29) is 11.8 Å². The Balaban J connectivity index is 1.69. The smallest absolute Gasteiger partial charge is 0.326 e. The number of aliphatic carboxylic acids is 2. The molecule has 4 atom stereocenters. The highest BCUT2D eigenvalue weighted by Crippen LogP contribution is 2.28. The summed E-state index contributed by atoms with van der Waals surface area (Å²) in [6, 6.07) is 5.61. The lowest BCUT2D eigenvalue weighted by molar-refractivity contribution is -0.148. The third kappa shape index (κ3) is 4.17. The Kier molecular flexibility index (Phi) is 6.43. The molecule has 2 N–H and O–H groups in total. The van der Waals surface area contributed by atoms with Crippen LogP contribution in [0.15, 0.2) is 24.3 Å². The first-order chi connectivity index (χ1) is 14.2. The number of carbonyl (C=O) groups is 4. The van der Waals surface area contributed by atoms with Gasteiger partial charge in [-0.2, -0.15) is 0 Å². The molecular formula is C22H28N2O6. The van der Waals surface area contributed by atoms with Crippen LogP contribution in [0.4, 0.5) is 0 Å². The molecule has 30 heavy (non-hydrogen) atoms. The summed E-state index contributed by atoms with van der Waals surface area (Å²) in [4.78, 5) is 51.2. The van der Waals surface area contributed by atoms with Gasteiger partial charge < -0.3 is 20.0 Å². The molecule has 2 saturated heterocycles. The van der Waals surface area contributed by atoms with Crippen LogP contribution in [0.1, 0.15) is 62.5 Å². The first kappa shape index (κ1) is 21.8. The van der Waals surface area contributed by atoms with E-state index >= 15 is 0 Å². The van der Waals surface area contributed by atoms with Crippen LogP contribution < -0.4 is 0 Å². The van der Waals surface area contributed by atoms with E-state index in [2.05, 4.69) is 0 Å². The molecule has 2 amide bonds. The second-order valence-corrected chi connectivity index (χ2v) is 8.17. The summed E-state index contributed by atoms with van der Waals surface area (Å²) >= 11 is 0. The van der Waals surface area contributed by atoms with Crippen molar-refractivity contribution in [1.82, 2.24) is 9.80 Å². The number of carbonyl (C=O) groups excluding carboxylic acids is 2. The molecule has 8 heteroatoms. The van der Waals surface area contributed by atoms with Crippen LogP contribution in [0, 0.1) is 0 Å². The number of benzene rings is 1. The lowest BCUT2D eigenvalue weighted by Gasteiger charge is -2.26. The average Bonchev–Trinajstić information content (AvgIpc) is 3.41. The van der Waals surface area contributed by atoms with Gasteiger partial charge in [0, 0.05) is 13.1 Å². The maximum Gasteiger partial charge on any atom is 0.326 e. The molecule has 162 valence electrons. The van der Waals surface area contributed by atoms with Crippen molar-refractivity contribution in [2.75, 3.05) is 13.1 Å². The Hall–Kier alpha value is -2.90. The van der Waals surface area contributed by atoms with E-state index in [1.165, 1.54) is 9.80 Å². The van der Waals surface area contributed by atoms with Gasteiger partial charge in [0.1, 0.15) is 12.1 Å². The Bertz CT molecular complexity index is 768. The summed E-state index contributed by atoms with van der Waals surface area (Å²) in [5.41, 5.74) is 1.51. The van der Waals surface area contributed by atoms with Gasteiger partial charge in [-0.3, -0.25) is 9.59 Å². The molecule has 1 aromatic rings. The van der Waals surface area contributed by atoms with Gasteiger partial charge in [-0.15, -0.1) is 0 Å². The number of carboxylic acids is 2. The number of nitrogens with zero attached hydrogens (tertiary/aromatic N) is 2. The summed E-state index contributed by atoms with van der Waals surface area (Å²) in [6.45, 7) is 4.41. The molecule has 0 saturated carbocycles. The summed E-state index contributed by atoms with van der Waals surface area (Å²) in [6.07, 6.45) is 2.31. The maximum atomic E-state index is 12.8. The lowest BCUT2D eigenvalue weighted by atomic mass is 9.93. The molecule has 0 aromatic heterocycles. The molecule has 1 aromatic carbocycles. The van der Waals surface area contributed by atoms with Crippen LogP contribution in [0.25, 0.3) is 0 Å². The van der Waals surface area contributed by atoms with Crippen LogP contribution in [-0.2, 0) is 19.2 Å². The standard InChI is InChI=1S/C22H28N2O6/c1-13(19(25)23-11-3-5-17(23)21(27)28)15-7-9-16(10-8-15)14(2)20(26)24-12-4-6-18(24)22(29)30/h7-10,13-14,17-18H,3-6,11-12H2,1-2H3,(H,27,28)(H,29,30). The summed E-state index contributed by atoms with van der Waals surface area (Å²) in [5, 5.41) is 18.6. The Morgan fingerprint density at radius 1 is 0.767 bits per heavy atom. The summed E-state index contributed by atoms with van der Waals surface area (Å²) in [5.74, 6) is -3.34. The highest BCUT2D eigenvalue weighted by Gasteiger charge is 2.37. The first-order valence-corrected chi connectivity index (χ1v) is 10.4. The number of hydrogen-bond acceptors (Lipinski definition) is 4. The Morgan fingerprint density at radius 2 is 1.10 bits per heavy atom. The van der Waals surface area contributed by atoms with Gasteiger partial charge in [-0.25, -0.2) is 9.59 Å². The van der Waals surface area contributed by atoms with E-state index < -0.39 is 35.9 Å². The molecule has 2 aliphatic heterocycles. The molecule has 2 aliphatic rings. The SMILES string of the molecule is CC(C(=O)N1CCCC1C(=O)O)c1ccc(C(C)C(=O)N2CCCC2C(=O)O)cc1. The van der Waals surface area contributed by atoms with Crippen molar-refractivity contribution in [2.24, 2.45) is 0 Å². The second-order valence-electron chi connectivity index (χ2n) is 8.17. The second kappa shape index (κ2) is 8.85. The minimum atomic E-state index is -0.975. The predicted molar refractivity (Wildman–Crippen MR) is 108 cm³/mol. The van der Waals surface area contributed by atoms with E-state index in [1.807, 2.05) is 0 Å². The topological polar surface area (TPSA) is 115 Å². The first-order valence-electron chi connectivity index (χ1n) is 10.4. The van der Waals surface area contributed by atoms with Gasteiger partial charge >= 0.3 is 11.9 Å². The predicted octanol–water partition coefficient (Wildman–Crippen LogP) is 2.04. The van der Waals surface area contributed by atoms with E-state index in [1.54, 1.807) is 38.1 Å². The number of amides is 2. The maximum absolute atomic E-state index is 12.8. The van der Waals surface area contributed by atoms with Gasteiger partial charge in [0.2, 0.25) is 11.8 Å². The minimum Gasteiger partial charge on any atom is -0.480 e. The highest BCUT2D eigenvalue weighted by molar-refractivity contribution is 5.89. The fourth-order valence-electron chi connectivity index (χ4n) is 4.43. The van der Waals surface area contributed by atoms with Gasteiger partial charge in [-0.1, -0.05) is 24.3 Å². The number of hydrogen-bond donors (Lipinski definition) is 2. The largest absolute Gasteiger partial charge is 0.480 e. The fourth-order valence-corrected chi connectivity index (χ4v) is 4.43. The monoisotopic (exact) mass is 416 g/mol. The summed E-state index contributed by atoms with van der Waals surface area (Å²) < 4.78 is 0. The summed E-state index contributed by atoms with van der Waals surface area (Å²) in [7, 11) is 0. The van der Waals surface area contributed by atoms with E-state index in [4.69, 9.17) is 0 Å². The molecular weight excluding hydrogens is 388 g/mol. The van der Waals surface area contributed by atoms with Crippen molar-refractivity contribution in [2.45, 2.75) is 63.5 Å². The fraction of sp³-hybridized carbons (Fsp3) is 0.545. The van der Waals surface area contributed by atoms with Gasteiger partial charge in [-0.05, 0) is 50.7 Å². The molecule has 2 fully saturated rings. The third-order valence-corrected chi connectivity index (χ3v) is 6.32. The normalized spacial score (nSPS) is 23.3. The van der Waals surface area contributed by atoms with Gasteiger partial charge in [0.15, 0.2) is 0 Å². The van der Waals surface area contributed by atoms with Crippen molar-refractivity contribution in [3.63, 3.8) is 0 Å². The van der Waals surface area contributed by atoms with Crippen molar-refractivity contribution >= 4 is 23.8 Å². The van der Waals surface area contributed by atoms with Crippen LogP contribution in [0.5, 0.6) is 0 Å². The van der Waals surface area contributed by atoms with Crippen molar-refractivity contribution < 1.29 is 29.4 Å². The highest BCUT2D eigenvalue weighted by atomic mass is 16.4. The van der Waals surface area contributed by atoms with Crippen LogP contribution in [0.2, 0.25) is 0 Å². The van der Waals surface area contributed by atoms with Crippen molar-refractivity contribution in [3.05, 3.63) is 35.4 Å². The number of rotatable bonds is 6. The van der Waals surface area contributed by atoms with Crippen LogP contribution >= 0.6 is 0 Å². The molecule has 0 aliphatic carbocycles. The van der Waals surface area contributed by atoms with E-state index in [0.717, 1.165) is 11.1 Å². The lowest BCUT2D eigenvalue weighted by Crippen LogP contribution is -2.42. The molecule has 3 rings (SSSR count). The molecule has 2 heterocycles. The van der Waals surface area contributed by atoms with Crippen LogP contribution in [-0.4, -0.2) is 68.9 Å². The molecule has 0 radical (unpaired) electrons. The van der Waals surface area contributed by atoms with Crippen molar-refractivity contribution in [1.29, 1.82) is 0 Å². The Labute approximate surface area is 175 Å². The Morgan fingerprint density at radius 3 is 1.40 bits per heavy atom. The van der Waals surface area contributed by atoms with Crippen LogP contribution in [0.3, 0.4) is 0 Å². The molecule has 0 bridgehead atoms. The van der Waals surface area contributed by atoms with Gasteiger partial charge in [0.05, 0.1) is 11.8 Å². The zero-order valence-corrected chi connectivity index (χ0v) is 17.3. The molecule has 0 spiro atoms. The molecule has 8 nitrogen and oxygen atoms in total. The quantitative estimate of drug-likeness (QED) is 0.733. The van der Waals surface area contributed by atoms with E-state index in [0.29, 0.717) is 38.8 Å². The van der Waals surface area contributed by atoms with Crippen molar-refractivity contribution in [3.8, 4) is 0 Å². The average molecular weight is 416 g/mol. The van der Waals surface area contributed by atoms with E-state index in [9.17, 15) is 29.4 Å².